The Morgan fingerprint density at radius 2 is 1.90 bits per heavy atom. The summed E-state index contributed by atoms with van der Waals surface area (Å²) in [5.74, 6) is -1.64. The molecule has 39 heavy (non-hydrogen) atoms. The molecule has 10 nitrogen and oxygen atoms in total. The second kappa shape index (κ2) is 12.7. The minimum absolute atomic E-state index is 0.136. The first kappa shape index (κ1) is 28.7. The van der Waals surface area contributed by atoms with Gasteiger partial charge < -0.3 is 30.7 Å². The van der Waals surface area contributed by atoms with Crippen molar-refractivity contribution in [3.63, 3.8) is 0 Å². The van der Waals surface area contributed by atoms with Crippen LogP contribution in [0.4, 0.5) is 5.69 Å². The van der Waals surface area contributed by atoms with Crippen LogP contribution in [-0.2, 0) is 30.5 Å². The third kappa shape index (κ3) is 7.20. The third-order valence-corrected chi connectivity index (χ3v) is 7.29. The van der Waals surface area contributed by atoms with Crippen LogP contribution < -0.4 is 16.4 Å². The Bertz CT molecular complexity index is 1240. The van der Waals surface area contributed by atoms with E-state index in [1.54, 1.807) is 31.2 Å². The molecule has 0 saturated carbocycles. The van der Waals surface area contributed by atoms with Gasteiger partial charge in [0.1, 0.15) is 12.1 Å². The summed E-state index contributed by atoms with van der Waals surface area (Å²) in [5.41, 5.74) is 7.13. The van der Waals surface area contributed by atoms with Crippen molar-refractivity contribution in [1.82, 2.24) is 15.5 Å². The summed E-state index contributed by atoms with van der Waals surface area (Å²) < 4.78 is 11.2. The molecule has 2 aromatic carbocycles. The van der Waals surface area contributed by atoms with Gasteiger partial charge in [-0.2, -0.15) is 0 Å². The molecule has 0 bridgehead atoms. The molecule has 4 rings (SSSR count). The summed E-state index contributed by atoms with van der Waals surface area (Å²) in [6.45, 7) is 2.10. The van der Waals surface area contributed by atoms with Crippen LogP contribution >= 0.6 is 23.2 Å². The predicted octanol–water partition coefficient (Wildman–Crippen LogP) is 3.05. The molecule has 4 atom stereocenters. The molecular weight excluding hydrogens is 547 g/mol. The number of hydrogen-bond donors (Lipinski definition) is 3. The van der Waals surface area contributed by atoms with Gasteiger partial charge in [-0.1, -0.05) is 35.3 Å². The molecule has 3 amide bonds. The minimum Gasteiger partial charge on any atom is -0.433 e. The summed E-state index contributed by atoms with van der Waals surface area (Å²) in [4.78, 5) is 52.5. The highest BCUT2D eigenvalue weighted by Gasteiger charge is 2.39. The number of benzene rings is 2. The van der Waals surface area contributed by atoms with Gasteiger partial charge >= 0.3 is 5.97 Å². The van der Waals surface area contributed by atoms with Crippen LogP contribution in [0.2, 0.25) is 10.0 Å². The van der Waals surface area contributed by atoms with Gasteiger partial charge in [-0.25, -0.2) is 0 Å². The van der Waals surface area contributed by atoms with Gasteiger partial charge in [0.2, 0.25) is 18.1 Å². The molecule has 2 aliphatic rings. The number of nitrogens with one attached hydrogen (secondary N) is 2. The number of cyclic esters (lactones) is 1. The number of esters is 1. The molecule has 0 aliphatic carbocycles. The SMILES string of the molecule is CC(NC(=O)c1ccc(N)c(Cl)c1)C(=O)N1CCCC1C(=O)NC1CCC(=O)OC1OCc1ccc(Cl)cc1. The van der Waals surface area contributed by atoms with Crippen LogP contribution in [-0.4, -0.2) is 59.6 Å². The highest BCUT2D eigenvalue weighted by atomic mass is 35.5. The maximum Gasteiger partial charge on any atom is 0.308 e. The maximum absolute atomic E-state index is 13.3. The van der Waals surface area contributed by atoms with E-state index in [0.29, 0.717) is 36.5 Å². The number of anilines is 1. The summed E-state index contributed by atoms with van der Waals surface area (Å²) in [6, 6.07) is 9.32. The zero-order chi connectivity index (χ0) is 28.1. The smallest absolute Gasteiger partial charge is 0.308 e. The van der Waals surface area contributed by atoms with E-state index in [0.717, 1.165) is 5.56 Å². The van der Waals surface area contributed by atoms with E-state index < -0.39 is 36.3 Å². The van der Waals surface area contributed by atoms with E-state index in [-0.39, 0.29) is 35.4 Å². The largest absolute Gasteiger partial charge is 0.433 e. The number of carbonyl (C=O) groups is 4. The number of rotatable bonds is 8. The number of likely N-dealkylation sites (tertiary alicyclic amines) is 1. The predicted molar refractivity (Wildman–Crippen MR) is 145 cm³/mol. The topological polar surface area (TPSA) is 140 Å². The summed E-state index contributed by atoms with van der Waals surface area (Å²) >= 11 is 11.9. The first-order valence-corrected chi connectivity index (χ1v) is 13.4. The van der Waals surface area contributed by atoms with E-state index >= 15 is 0 Å². The molecule has 2 aliphatic heterocycles. The Hall–Kier alpha value is -3.34. The molecule has 0 spiro atoms. The summed E-state index contributed by atoms with van der Waals surface area (Å²) in [5, 5.41) is 6.40. The number of nitrogens with two attached hydrogens (primary N) is 1. The maximum atomic E-state index is 13.3. The zero-order valence-electron chi connectivity index (χ0n) is 21.3. The number of ether oxygens (including phenoxy) is 2. The van der Waals surface area contributed by atoms with Gasteiger partial charge in [0.25, 0.3) is 5.91 Å². The molecule has 2 fully saturated rings. The van der Waals surface area contributed by atoms with Crippen LogP contribution in [0.15, 0.2) is 42.5 Å². The Labute approximate surface area is 236 Å². The zero-order valence-corrected chi connectivity index (χ0v) is 22.8. The van der Waals surface area contributed by atoms with E-state index in [4.69, 9.17) is 38.4 Å². The molecular formula is C27H30Cl2N4O6. The highest BCUT2D eigenvalue weighted by molar-refractivity contribution is 6.33. The Morgan fingerprint density at radius 1 is 1.15 bits per heavy atom. The fourth-order valence-electron chi connectivity index (χ4n) is 4.57. The average molecular weight is 577 g/mol. The monoisotopic (exact) mass is 576 g/mol. The minimum atomic E-state index is -0.971. The van der Waals surface area contributed by atoms with Gasteiger partial charge in [-0.3, -0.25) is 19.2 Å². The Kier molecular flexibility index (Phi) is 9.32. The van der Waals surface area contributed by atoms with Crippen molar-refractivity contribution in [2.75, 3.05) is 12.3 Å². The van der Waals surface area contributed by atoms with Gasteiger partial charge in [0.15, 0.2) is 0 Å². The fraction of sp³-hybridized carbons (Fsp3) is 0.407. The van der Waals surface area contributed by atoms with E-state index in [1.807, 2.05) is 0 Å². The highest BCUT2D eigenvalue weighted by Crippen LogP contribution is 2.23. The van der Waals surface area contributed by atoms with Gasteiger partial charge in [0.05, 0.1) is 23.4 Å². The molecule has 0 radical (unpaired) electrons. The quantitative estimate of drug-likeness (QED) is 0.324. The van der Waals surface area contributed by atoms with Crippen LogP contribution in [0.5, 0.6) is 0 Å². The number of nitrogens with zero attached hydrogens (tertiary/aromatic N) is 1. The van der Waals surface area contributed by atoms with E-state index in [1.165, 1.54) is 23.1 Å². The first-order chi connectivity index (χ1) is 18.6. The van der Waals surface area contributed by atoms with Crippen molar-refractivity contribution in [1.29, 1.82) is 0 Å². The molecule has 4 N–H and O–H groups in total. The second-order valence-electron chi connectivity index (χ2n) is 9.57. The lowest BCUT2D eigenvalue weighted by Gasteiger charge is -2.33. The van der Waals surface area contributed by atoms with Crippen molar-refractivity contribution < 1.29 is 28.7 Å². The van der Waals surface area contributed by atoms with Crippen molar-refractivity contribution in [3.8, 4) is 0 Å². The molecule has 208 valence electrons. The lowest BCUT2D eigenvalue weighted by Crippen LogP contribution is -2.56. The van der Waals surface area contributed by atoms with Crippen molar-refractivity contribution in [3.05, 3.63) is 63.6 Å². The normalized spacial score (nSPS) is 21.7. The fourth-order valence-corrected chi connectivity index (χ4v) is 4.88. The van der Waals surface area contributed by atoms with E-state index in [9.17, 15) is 19.2 Å². The van der Waals surface area contributed by atoms with Gasteiger partial charge in [-0.05, 0) is 62.1 Å². The number of amides is 3. The van der Waals surface area contributed by atoms with Crippen LogP contribution in [0.3, 0.4) is 0 Å². The Balaban J connectivity index is 1.36. The van der Waals surface area contributed by atoms with Gasteiger partial charge in [0, 0.05) is 23.6 Å². The number of nitrogen functional groups attached to an aromatic ring is 1. The molecule has 2 heterocycles. The molecule has 0 aromatic heterocycles. The standard InChI is InChI=1S/C27H30Cl2N4O6/c1-15(31-24(35)17-6-9-20(30)19(29)13-17)26(37)33-12-2-3-22(33)25(36)32-21-10-11-23(34)39-27(21)38-14-16-4-7-18(28)8-5-16/h4-9,13,15,21-22,27H,2-3,10-12,14,30H2,1H3,(H,31,35)(H,32,36). The average Bonchev–Trinajstić information content (AvgIpc) is 3.41. The summed E-state index contributed by atoms with van der Waals surface area (Å²) in [6.07, 6.45) is 0.606. The van der Waals surface area contributed by atoms with Crippen molar-refractivity contribution >= 4 is 52.6 Å². The lowest BCUT2D eigenvalue weighted by molar-refractivity contribution is -0.199. The number of carbonyl (C=O) groups excluding carboxylic acids is 4. The second-order valence-corrected chi connectivity index (χ2v) is 10.4. The number of hydrogen-bond acceptors (Lipinski definition) is 7. The molecule has 12 heteroatoms. The summed E-state index contributed by atoms with van der Waals surface area (Å²) in [7, 11) is 0. The molecule has 2 aromatic rings. The number of halogens is 2. The molecule has 2 saturated heterocycles. The van der Waals surface area contributed by atoms with Gasteiger partial charge in [-0.15, -0.1) is 0 Å². The van der Waals surface area contributed by atoms with Crippen molar-refractivity contribution in [2.45, 2.75) is 63.6 Å². The first-order valence-electron chi connectivity index (χ1n) is 12.6. The third-order valence-electron chi connectivity index (χ3n) is 6.71. The van der Waals surface area contributed by atoms with Crippen LogP contribution in [0.25, 0.3) is 0 Å². The molecule has 4 unspecified atom stereocenters. The van der Waals surface area contributed by atoms with Crippen molar-refractivity contribution in [2.24, 2.45) is 0 Å². The van der Waals surface area contributed by atoms with E-state index in [2.05, 4.69) is 10.6 Å². The van der Waals surface area contributed by atoms with Crippen LogP contribution in [0.1, 0.15) is 48.5 Å². The van der Waals surface area contributed by atoms with Crippen LogP contribution in [0, 0.1) is 0 Å². The lowest BCUT2D eigenvalue weighted by atomic mass is 10.1. The Morgan fingerprint density at radius 3 is 2.62 bits per heavy atom.